The highest BCUT2D eigenvalue weighted by Gasteiger charge is 2.16. The Morgan fingerprint density at radius 2 is 1.66 bits per heavy atom. The summed E-state index contributed by atoms with van der Waals surface area (Å²) in [5, 5.41) is 29.0. The molecule has 0 fully saturated rings. The smallest absolute Gasteiger partial charge is 0.340 e. The molecule has 0 aliphatic carbocycles. The normalized spacial score (nSPS) is 11.0. The Bertz CT molecular complexity index is 1020. The number of carboxylic acid groups (broad SMARTS) is 2. The van der Waals surface area contributed by atoms with Gasteiger partial charge in [0.1, 0.15) is 11.3 Å². The zero-order valence-electron chi connectivity index (χ0n) is 16.2. The lowest BCUT2D eigenvalue weighted by molar-refractivity contribution is -0.137. The number of rotatable bonds is 10. The van der Waals surface area contributed by atoms with Crippen LogP contribution in [0.25, 0.3) is 22.0 Å². The van der Waals surface area contributed by atoms with Gasteiger partial charge in [-0.3, -0.25) is 4.79 Å². The quantitative estimate of drug-likeness (QED) is 0.413. The second kappa shape index (κ2) is 9.28. The van der Waals surface area contributed by atoms with Crippen molar-refractivity contribution in [3.63, 3.8) is 0 Å². The molecule has 0 amide bonds. The summed E-state index contributed by atoms with van der Waals surface area (Å²) in [6, 6.07) is 12.5. The Hall–Kier alpha value is -3.28. The van der Waals surface area contributed by atoms with Gasteiger partial charge in [-0.25, -0.2) is 4.79 Å². The summed E-state index contributed by atoms with van der Waals surface area (Å²) in [4.78, 5) is 22.0. The Balaban J connectivity index is 1.67. The lowest BCUT2D eigenvalue weighted by atomic mass is 9.98. The highest BCUT2D eigenvalue weighted by Crippen LogP contribution is 2.32. The second-order valence-electron chi connectivity index (χ2n) is 7.20. The van der Waals surface area contributed by atoms with Crippen molar-refractivity contribution in [2.45, 2.75) is 45.1 Å². The molecule has 3 N–H and O–H groups in total. The van der Waals surface area contributed by atoms with Crippen LogP contribution in [0.2, 0.25) is 0 Å². The van der Waals surface area contributed by atoms with Crippen molar-refractivity contribution in [3.8, 4) is 16.9 Å². The molecular weight excluding hydrogens is 370 g/mol. The number of hydrogen-bond acceptors (Lipinski definition) is 3. The molecule has 29 heavy (non-hydrogen) atoms. The van der Waals surface area contributed by atoms with E-state index in [1.807, 2.05) is 30.5 Å². The number of benzene rings is 2. The number of carbonyl (C=O) groups is 2. The highest BCUT2D eigenvalue weighted by molar-refractivity contribution is 6.00. The topological polar surface area (TPSA) is 99.8 Å². The van der Waals surface area contributed by atoms with Gasteiger partial charge in [-0.15, -0.1) is 0 Å². The highest BCUT2D eigenvalue weighted by atomic mass is 16.4. The molecule has 0 aliphatic rings. The maximum atomic E-state index is 11.5. The molecule has 1 aromatic heterocycles. The standard InChI is InChI=1S/C23H25NO5/c25-20-8-6-7-18(22(20)23(28)29)16-10-11-19-17(15-16)12-14-24(19)13-5-3-1-2-4-9-21(26)27/h6-8,10-12,14-15,25H,1-5,9,13H2,(H,26,27)(H,28,29). The fourth-order valence-corrected chi connectivity index (χ4v) is 3.66. The number of nitrogens with zero attached hydrogens (tertiary/aromatic N) is 1. The van der Waals surface area contributed by atoms with E-state index < -0.39 is 11.9 Å². The van der Waals surface area contributed by atoms with Crippen LogP contribution in [0.3, 0.4) is 0 Å². The van der Waals surface area contributed by atoms with Gasteiger partial charge in [0.25, 0.3) is 0 Å². The van der Waals surface area contributed by atoms with E-state index >= 15 is 0 Å². The lowest BCUT2D eigenvalue weighted by Gasteiger charge is -2.10. The van der Waals surface area contributed by atoms with Crippen molar-refractivity contribution in [3.05, 3.63) is 54.2 Å². The molecule has 0 radical (unpaired) electrons. The average Bonchev–Trinajstić information content (AvgIpc) is 3.08. The van der Waals surface area contributed by atoms with Crippen molar-refractivity contribution in [2.75, 3.05) is 0 Å². The molecule has 2 aromatic carbocycles. The van der Waals surface area contributed by atoms with Crippen molar-refractivity contribution >= 4 is 22.8 Å². The minimum Gasteiger partial charge on any atom is -0.507 e. The van der Waals surface area contributed by atoms with Gasteiger partial charge in [0.15, 0.2) is 0 Å². The molecule has 0 atom stereocenters. The van der Waals surface area contributed by atoms with Crippen molar-refractivity contribution in [2.24, 2.45) is 0 Å². The van der Waals surface area contributed by atoms with Gasteiger partial charge in [-0.05, 0) is 48.2 Å². The third-order valence-corrected chi connectivity index (χ3v) is 5.13. The largest absolute Gasteiger partial charge is 0.507 e. The SMILES string of the molecule is O=C(O)CCCCCCCn1ccc2cc(-c3cccc(O)c3C(=O)O)ccc21. The van der Waals surface area contributed by atoms with Crippen LogP contribution in [0.15, 0.2) is 48.7 Å². The van der Waals surface area contributed by atoms with Crippen LogP contribution in [0.4, 0.5) is 0 Å². The van der Waals surface area contributed by atoms with E-state index in [1.54, 1.807) is 12.1 Å². The third kappa shape index (κ3) is 4.96. The summed E-state index contributed by atoms with van der Waals surface area (Å²) in [6.07, 6.45) is 7.06. The Labute approximate surface area is 169 Å². The van der Waals surface area contributed by atoms with E-state index in [4.69, 9.17) is 5.11 Å². The molecule has 152 valence electrons. The predicted molar refractivity (Wildman–Crippen MR) is 111 cm³/mol. The van der Waals surface area contributed by atoms with Gasteiger partial charge >= 0.3 is 11.9 Å². The Morgan fingerprint density at radius 3 is 2.41 bits per heavy atom. The predicted octanol–water partition coefficient (Wildman–Crippen LogP) is 5.14. The van der Waals surface area contributed by atoms with Gasteiger partial charge in [-0.1, -0.05) is 37.5 Å². The molecule has 6 heteroatoms. The van der Waals surface area contributed by atoms with Gasteiger partial charge < -0.3 is 19.9 Å². The number of aryl methyl sites for hydroxylation is 1. The summed E-state index contributed by atoms with van der Waals surface area (Å²) in [7, 11) is 0. The van der Waals surface area contributed by atoms with Crippen LogP contribution in [0.5, 0.6) is 5.75 Å². The molecule has 3 aromatic rings. The van der Waals surface area contributed by atoms with E-state index in [2.05, 4.69) is 4.57 Å². The molecule has 0 spiro atoms. The Kier molecular flexibility index (Phi) is 6.54. The number of phenols is 1. The van der Waals surface area contributed by atoms with Crippen LogP contribution >= 0.6 is 0 Å². The number of aromatic hydroxyl groups is 1. The van der Waals surface area contributed by atoms with Crippen LogP contribution in [-0.2, 0) is 11.3 Å². The fourth-order valence-electron chi connectivity index (χ4n) is 3.66. The van der Waals surface area contributed by atoms with Crippen LogP contribution in [-0.4, -0.2) is 31.8 Å². The number of carboxylic acids is 2. The van der Waals surface area contributed by atoms with E-state index in [1.165, 1.54) is 6.07 Å². The van der Waals surface area contributed by atoms with Gasteiger partial charge in [0.2, 0.25) is 0 Å². The first kappa shape index (κ1) is 20.5. The van der Waals surface area contributed by atoms with Gasteiger partial charge in [0.05, 0.1) is 0 Å². The molecular formula is C23H25NO5. The van der Waals surface area contributed by atoms with Crippen molar-refractivity contribution in [1.29, 1.82) is 0 Å². The molecule has 6 nitrogen and oxygen atoms in total. The minimum absolute atomic E-state index is 0.0887. The summed E-state index contributed by atoms with van der Waals surface area (Å²) in [5.74, 6) is -2.13. The number of unbranched alkanes of at least 4 members (excludes halogenated alkanes) is 4. The maximum absolute atomic E-state index is 11.5. The zero-order valence-corrected chi connectivity index (χ0v) is 16.2. The van der Waals surface area contributed by atoms with Gasteiger partial charge in [0, 0.05) is 30.1 Å². The lowest BCUT2D eigenvalue weighted by Crippen LogP contribution is -2.00. The molecule has 0 saturated heterocycles. The number of hydrogen-bond donors (Lipinski definition) is 3. The molecule has 0 bridgehead atoms. The number of aromatic carboxylic acids is 1. The van der Waals surface area contributed by atoms with E-state index in [-0.39, 0.29) is 17.7 Å². The molecule has 0 saturated carbocycles. The third-order valence-electron chi connectivity index (χ3n) is 5.13. The second-order valence-corrected chi connectivity index (χ2v) is 7.20. The zero-order chi connectivity index (χ0) is 20.8. The van der Waals surface area contributed by atoms with Crippen molar-refractivity contribution in [1.82, 2.24) is 4.57 Å². The summed E-state index contributed by atoms with van der Waals surface area (Å²) < 4.78 is 2.18. The van der Waals surface area contributed by atoms with Crippen LogP contribution < -0.4 is 0 Å². The van der Waals surface area contributed by atoms with E-state index in [0.717, 1.165) is 55.1 Å². The number of fused-ring (bicyclic) bond motifs is 1. The summed E-state index contributed by atoms with van der Waals surface area (Å²) >= 11 is 0. The van der Waals surface area contributed by atoms with E-state index in [0.29, 0.717) is 5.56 Å². The van der Waals surface area contributed by atoms with Crippen molar-refractivity contribution < 1.29 is 24.9 Å². The fraction of sp³-hybridized carbons (Fsp3) is 0.304. The minimum atomic E-state index is -1.15. The molecule has 3 rings (SSSR count). The number of aromatic nitrogens is 1. The molecule has 0 aliphatic heterocycles. The molecule has 0 unspecified atom stereocenters. The average molecular weight is 395 g/mol. The van der Waals surface area contributed by atoms with Gasteiger partial charge in [-0.2, -0.15) is 0 Å². The first-order valence-electron chi connectivity index (χ1n) is 9.83. The number of aliphatic carboxylic acids is 1. The van der Waals surface area contributed by atoms with Crippen LogP contribution in [0, 0.1) is 0 Å². The Morgan fingerprint density at radius 1 is 0.897 bits per heavy atom. The molecule has 1 heterocycles. The summed E-state index contributed by atoms with van der Waals surface area (Å²) in [5.41, 5.74) is 2.24. The first-order chi connectivity index (χ1) is 14.0. The maximum Gasteiger partial charge on any atom is 0.340 e. The summed E-state index contributed by atoms with van der Waals surface area (Å²) in [6.45, 7) is 0.883. The monoisotopic (exact) mass is 395 g/mol. The van der Waals surface area contributed by atoms with Crippen LogP contribution in [0.1, 0.15) is 48.9 Å². The van der Waals surface area contributed by atoms with E-state index in [9.17, 15) is 19.8 Å². The first-order valence-corrected chi connectivity index (χ1v) is 9.83.